The van der Waals surface area contributed by atoms with Gasteiger partial charge in [0.1, 0.15) is 0 Å². The molecule has 1 fully saturated rings. The fourth-order valence-electron chi connectivity index (χ4n) is 2.36. The van der Waals surface area contributed by atoms with Crippen molar-refractivity contribution in [3.05, 3.63) is 35.4 Å². The van der Waals surface area contributed by atoms with Gasteiger partial charge in [-0.2, -0.15) is 0 Å². The first kappa shape index (κ1) is 11.5. The lowest BCUT2D eigenvalue weighted by molar-refractivity contribution is 0.151. The van der Waals surface area contributed by atoms with Crippen LogP contribution >= 0.6 is 0 Å². The fraction of sp³-hybridized carbons (Fsp3) is 0.500. The lowest BCUT2D eigenvalue weighted by atomic mass is 9.99. The summed E-state index contributed by atoms with van der Waals surface area (Å²) >= 11 is 0. The van der Waals surface area contributed by atoms with E-state index in [0.29, 0.717) is 0 Å². The van der Waals surface area contributed by atoms with Crippen molar-refractivity contribution in [1.29, 1.82) is 0 Å². The van der Waals surface area contributed by atoms with Gasteiger partial charge in [-0.05, 0) is 25.1 Å². The highest BCUT2D eigenvalue weighted by Gasteiger charge is 2.30. The molecule has 2 atom stereocenters. The number of hydrogen-bond donors (Lipinski definition) is 1. The zero-order valence-electron chi connectivity index (χ0n) is 9.24. The summed E-state index contributed by atoms with van der Waals surface area (Å²) in [5, 5.41) is 0. The average molecular weight is 226 g/mol. The molecule has 0 aliphatic carbocycles. The number of benzene rings is 1. The first-order valence-electron chi connectivity index (χ1n) is 5.43. The molecule has 0 radical (unpaired) electrons. The quantitative estimate of drug-likeness (QED) is 0.838. The normalized spacial score (nSPS) is 26.6. The van der Waals surface area contributed by atoms with Gasteiger partial charge in [0.15, 0.2) is 0 Å². The predicted molar refractivity (Wildman–Crippen MR) is 59.4 cm³/mol. The second-order valence-corrected chi connectivity index (χ2v) is 4.35. The summed E-state index contributed by atoms with van der Waals surface area (Å²) < 4.78 is 25.2. The van der Waals surface area contributed by atoms with Crippen molar-refractivity contribution in [2.24, 2.45) is 5.73 Å². The van der Waals surface area contributed by atoms with Gasteiger partial charge in [-0.15, -0.1) is 0 Å². The summed E-state index contributed by atoms with van der Waals surface area (Å²) in [6.07, 6.45) is -1.50. The van der Waals surface area contributed by atoms with Crippen molar-refractivity contribution in [2.45, 2.75) is 24.9 Å². The molecule has 2 N–H and O–H groups in total. The van der Waals surface area contributed by atoms with Crippen molar-refractivity contribution in [3.63, 3.8) is 0 Å². The molecule has 2 unspecified atom stereocenters. The van der Waals surface area contributed by atoms with Crippen LogP contribution in [0.1, 0.15) is 30.0 Å². The van der Waals surface area contributed by atoms with Crippen LogP contribution in [-0.4, -0.2) is 24.5 Å². The predicted octanol–water partition coefficient (Wildman–Crippen LogP) is 2.33. The van der Waals surface area contributed by atoms with Crippen LogP contribution in [0.2, 0.25) is 0 Å². The van der Waals surface area contributed by atoms with Crippen LogP contribution in [0.15, 0.2) is 24.3 Å². The maximum atomic E-state index is 12.6. The highest BCUT2D eigenvalue weighted by atomic mass is 19.3. The molecule has 1 aromatic rings. The summed E-state index contributed by atoms with van der Waals surface area (Å²) in [4.78, 5) is 2.12. The SMILES string of the molecule is CN1CCC(N)C1c1cccc(C(F)F)c1. The summed E-state index contributed by atoms with van der Waals surface area (Å²) in [5.41, 5.74) is 6.97. The second kappa shape index (κ2) is 4.47. The average Bonchev–Trinajstić information content (AvgIpc) is 2.59. The van der Waals surface area contributed by atoms with Gasteiger partial charge in [-0.3, -0.25) is 4.90 Å². The molecule has 1 aliphatic heterocycles. The monoisotopic (exact) mass is 226 g/mol. The van der Waals surface area contributed by atoms with E-state index < -0.39 is 6.43 Å². The molecule has 88 valence electrons. The van der Waals surface area contributed by atoms with Gasteiger partial charge >= 0.3 is 0 Å². The van der Waals surface area contributed by atoms with Gasteiger partial charge in [0.25, 0.3) is 6.43 Å². The zero-order chi connectivity index (χ0) is 11.7. The Morgan fingerprint density at radius 3 is 2.75 bits per heavy atom. The molecule has 16 heavy (non-hydrogen) atoms. The van der Waals surface area contributed by atoms with Crippen LogP contribution < -0.4 is 5.73 Å². The Bertz CT molecular complexity index is 358. The molecular weight excluding hydrogens is 210 g/mol. The van der Waals surface area contributed by atoms with Crippen LogP contribution in [-0.2, 0) is 0 Å². The summed E-state index contributed by atoms with van der Waals surface area (Å²) in [6.45, 7) is 0.921. The Kier molecular flexibility index (Phi) is 3.21. The topological polar surface area (TPSA) is 29.3 Å². The molecule has 2 nitrogen and oxygen atoms in total. The van der Waals surface area contributed by atoms with E-state index in [1.165, 1.54) is 6.07 Å². The molecule has 0 bridgehead atoms. The van der Waals surface area contributed by atoms with Gasteiger partial charge in [0.05, 0.1) is 0 Å². The molecule has 2 rings (SSSR count). The van der Waals surface area contributed by atoms with Crippen LogP contribution in [0, 0.1) is 0 Å². The largest absolute Gasteiger partial charge is 0.326 e. The lowest BCUT2D eigenvalue weighted by Crippen LogP contribution is -2.29. The molecule has 1 aliphatic rings. The molecule has 1 saturated heterocycles. The molecule has 1 aromatic carbocycles. The van der Waals surface area contributed by atoms with Gasteiger partial charge in [0, 0.05) is 24.2 Å². The summed E-state index contributed by atoms with van der Waals surface area (Å²) in [7, 11) is 1.98. The van der Waals surface area contributed by atoms with Gasteiger partial charge in [0.2, 0.25) is 0 Å². The number of alkyl halides is 2. The standard InChI is InChI=1S/C12H16F2N2/c1-16-6-5-10(15)11(16)8-3-2-4-9(7-8)12(13)14/h2-4,7,10-12H,5-6,15H2,1H3. The smallest absolute Gasteiger partial charge is 0.263 e. The minimum absolute atomic E-state index is 0.0397. The van der Waals surface area contributed by atoms with E-state index in [1.807, 2.05) is 13.1 Å². The molecular formula is C12H16F2N2. The molecule has 0 aromatic heterocycles. The number of nitrogens with zero attached hydrogens (tertiary/aromatic N) is 1. The highest BCUT2D eigenvalue weighted by Crippen LogP contribution is 2.31. The third-order valence-corrected chi connectivity index (χ3v) is 3.20. The molecule has 0 spiro atoms. The summed E-state index contributed by atoms with van der Waals surface area (Å²) in [6, 6.07) is 6.68. The number of likely N-dealkylation sites (N-methyl/N-ethyl adjacent to an activating group) is 1. The Balaban J connectivity index is 2.29. The first-order chi connectivity index (χ1) is 7.59. The Labute approximate surface area is 94.0 Å². The Hall–Kier alpha value is -1.00. The van der Waals surface area contributed by atoms with Gasteiger partial charge < -0.3 is 5.73 Å². The van der Waals surface area contributed by atoms with Crippen molar-refractivity contribution >= 4 is 0 Å². The highest BCUT2D eigenvalue weighted by molar-refractivity contribution is 5.28. The van der Waals surface area contributed by atoms with Crippen LogP contribution in [0.4, 0.5) is 8.78 Å². The van der Waals surface area contributed by atoms with Crippen LogP contribution in [0.5, 0.6) is 0 Å². The van der Waals surface area contributed by atoms with E-state index in [0.717, 1.165) is 18.5 Å². The van der Waals surface area contributed by atoms with E-state index in [-0.39, 0.29) is 17.6 Å². The maximum Gasteiger partial charge on any atom is 0.263 e. The van der Waals surface area contributed by atoms with Crippen LogP contribution in [0.3, 0.4) is 0 Å². The van der Waals surface area contributed by atoms with E-state index in [2.05, 4.69) is 4.90 Å². The molecule has 0 saturated carbocycles. The van der Waals surface area contributed by atoms with Crippen molar-refractivity contribution in [1.82, 2.24) is 4.90 Å². The fourth-order valence-corrected chi connectivity index (χ4v) is 2.36. The number of likely N-dealkylation sites (tertiary alicyclic amines) is 1. The number of rotatable bonds is 2. The van der Waals surface area contributed by atoms with E-state index in [1.54, 1.807) is 12.1 Å². The lowest BCUT2D eigenvalue weighted by Gasteiger charge is -2.23. The molecule has 0 amide bonds. The summed E-state index contributed by atoms with van der Waals surface area (Å²) in [5.74, 6) is 0. The second-order valence-electron chi connectivity index (χ2n) is 4.35. The Morgan fingerprint density at radius 1 is 1.44 bits per heavy atom. The third-order valence-electron chi connectivity index (χ3n) is 3.20. The van der Waals surface area contributed by atoms with Crippen molar-refractivity contribution in [2.75, 3.05) is 13.6 Å². The molecule has 1 heterocycles. The first-order valence-corrected chi connectivity index (χ1v) is 5.43. The van der Waals surface area contributed by atoms with E-state index in [4.69, 9.17) is 5.73 Å². The number of hydrogen-bond acceptors (Lipinski definition) is 2. The molecule has 4 heteroatoms. The Morgan fingerprint density at radius 2 is 2.19 bits per heavy atom. The van der Waals surface area contributed by atoms with Gasteiger partial charge in [-0.25, -0.2) is 8.78 Å². The van der Waals surface area contributed by atoms with Crippen molar-refractivity contribution < 1.29 is 8.78 Å². The number of nitrogens with two attached hydrogens (primary N) is 1. The van der Waals surface area contributed by atoms with Crippen LogP contribution in [0.25, 0.3) is 0 Å². The van der Waals surface area contributed by atoms with Gasteiger partial charge in [-0.1, -0.05) is 18.2 Å². The van der Waals surface area contributed by atoms with E-state index >= 15 is 0 Å². The zero-order valence-corrected chi connectivity index (χ0v) is 9.24. The maximum absolute atomic E-state index is 12.6. The minimum Gasteiger partial charge on any atom is -0.326 e. The number of halogens is 2. The third kappa shape index (κ3) is 2.08. The minimum atomic E-state index is -2.41. The van der Waals surface area contributed by atoms with E-state index in [9.17, 15) is 8.78 Å². The van der Waals surface area contributed by atoms with Crippen molar-refractivity contribution in [3.8, 4) is 0 Å².